The number of ether oxygens (including phenoxy) is 1. The molecule has 4 rings (SSSR count). The molecule has 0 saturated heterocycles. The van der Waals surface area contributed by atoms with Gasteiger partial charge in [0.1, 0.15) is 12.4 Å². The van der Waals surface area contributed by atoms with Crippen LogP contribution in [0.1, 0.15) is 46.1 Å². The number of rotatable bonds is 7. The Kier molecular flexibility index (Phi) is 5.85. The predicted molar refractivity (Wildman–Crippen MR) is 121 cm³/mol. The van der Waals surface area contributed by atoms with E-state index in [0.717, 1.165) is 5.56 Å². The number of carbonyl (C=O) groups is 1. The number of benzene rings is 2. The number of hydrogen-bond acceptors (Lipinski definition) is 5. The Morgan fingerprint density at radius 3 is 2.48 bits per heavy atom. The average Bonchev–Trinajstić information content (AvgIpc) is 3.38. The second kappa shape index (κ2) is 8.05. The summed E-state index contributed by atoms with van der Waals surface area (Å²) in [4.78, 5) is 29.6. The first-order valence-corrected chi connectivity index (χ1v) is 12.2. The highest BCUT2D eigenvalue weighted by molar-refractivity contribution is 9.10. The summed E-state index contributed by atoms with van der Waals surface area (Å²) in [6, 6.07) is 10.8. The van der Waals surface area contributed by atoms with Crippen molar-refractivity contribution >= 4 is 51.6 Å². The molecule has 31 heavy (non-hydrogen) atoms. The first-order chi connectivity index (χ1) is 14.5. The molecule has 10 heteroatoms. The molecule has 0 spiro atoms. The van der Waals surface area contributed by atoms with Crippen LogP contribution in [0.4, 0.5) is 8.78 Å². The molecule has 3 aromatic rings. The normalized spacial score (nSPS) is 15.5. The van der Waals surface area contributed by atoms with E-state index in [-0.39, 0.29) is 27.8 Å². The van der Waals surface area contributed by atoms with Crippen molar-refractivity contribution in [3.8, 4) is 5.75 Å². The van der Waals surface area contributed by atoms with Gasteiger partial charge in [0.05, 0.1) is 9.58 Å². The van der Waals surface area contributed by atoms with Crippen LogP contribution < -0.4 is 10.5 Å². The van der Waals surface area contributed by atoms with Gasteiger partial charge in [0, 0.05) is 15.4 Å². The molecule has 0 atom stereocenters. The molecule has 1 amide bonds. The monoisotopic (exact) mass is 529 g/mol. The molecule has 1 aliphatic carbocycles. The van der Waals surface area contributed by atoms with Gasteiger partial charge >= 0.3 is 5.66 Å². The summed E-state index contributed by atoms with van der Waals surface area (Å²) in [6.07, 6.45) is 2.34. The lowest BCUT2D eigenvalue weighted by molar-refractivity contribution is 0.0766. The quantitative estimate of drug-likeness (QED) is 0.340. The zero-order valence-electron chi connectivity index (χ0n) is 16.4. The van der Waals surface area contributed by atoms with Crippen LogP contribution in [0.25, 0.3) is 10.1 Å². The Hall–Kier alpha value is -1.64. The molecule has 1 aliphatic rings. The first-order valence-electron chi connectivity index (χ1n) is 9.37. The third kappa shape index (κ3) is 4.22. The molecule has 0 aliphatic heterocycles. The summed E-state index contributed by atoms with van der Waals surface area (Å²) in [5.74, 6) is -0.510. The van der Waals surface area contributed by atoms with Gasteiger partial charge < -0.3 is 20.3 Å². The van der Waals surface area contributed by atoms with E-state index >= 15 is 0 Å². The Labute approximate surface area is 190 Å². The van der Waals surface area contributed by atoms with Crippen molar-refractivity contribution in [1.29, 1.82) is 0 Å². The van der Waals surface area contributed by atoms with Crippen molar-refractivity contribution in [3.63, 3.8) is 0 Å². The second-order valence-corrected chi connectivity index (χ2v) is 10.8. The van der Waals surface area contributed by atoms with Gasteiger partial charge in [-0.2, -0.15) is 8.78 Å². The highest BCUT2D eigenvalue weighted by atomic mass is 79.9. The zero-order chi connectivity index (χ0) is 22.6. The summed E-state index contributed by atoms with van der Waals surface area (Å²) in [6.45, 7) is 2.39. The second-order valence-electron chi connectivity index (χ2n) is 7.84. The van der Waals surface area contributed by atoms with Gasteiger partial charge in [-0.3, -0.25) is 4.79 Å². The van der Waals surface area contributed by atoms with Gasteiger partial charge in [-0.15, -0.1) is 11.3 Å². The minimum atomic E-state index is -3.84. The molecular formula is C21H19BrF2NO4PS. The molecule has 0 radical (unpaired) electrons. The smallest absolute Gasteiger partial charge is 0.349 e. The Bertz CT molecular complexity index is 1160. The lowest BCUT2D eigenvalue weighted by Crippen LogP contribution is -2.11. The Morgan fingerprint density at radius 2 is 1.94 bits per heavy atom. The van der Waals surface area contributed by atoms with Gasteiger partial charge in [-0.25, -0.2) is 0 Å². The molecule has 164 valence electrons. The number of halogens is 3. The van der Waals surface area contributed by atoms with Crippen molar-refractivity contribution in [2.45, 2.75) is 37.5 Å². The molecule has 1 heterocycles. The fraction of sp³-hybridized carbons (Fsp3) is 0.286. The molecular weight excluding hydrogens is 511 g/mol. The number of nitrogens with two attached hydrogens (primary N) is 1. The lowest BCUT2D eigenvalue weighted by atomic mass is 9.97. The first kappa shape index (κ1) is 22.6. The Balaban J connectivity index is 1.69. The molecule has 1 saturated carbocycles. The molecule has 1 aromatic heterocycles. The number of primary amides is 1. The van der Waals surface area contributed by atoms with Crippen molar-refractivity contribution in [1.82, 2.24) is 0 Å². The number of hydrogen-bond donors (Lipinski definition) is 3. The van der Waals surface area contributed by atoms with Gasteiger partial charge in [0.2, 0.25) is 14.3 Å². The number of thiophene rings is 1. The summed E-state index contributed by atoms with van der Waals surface area (Å²) in [5.41, 5.74) is 4.08. The van der Waals surface area contributed by atoms with Gasteiger partial charge in [-0.05, 0) is 57.4 Å². The number of amides is 1. The van der Waals surface area contributed by atoms with Crippen molar-refractivity contribution in [2.24, 2.45) is 5.73 Å². The standard InChI is InChI=1S/C21H19BrF2NO4PS/c1-20(6-7-20)13-4-2-11(3-5-13)10-29-15-9-12(19(25)26)8-14-16(22)18(31-17(14)15)21(23,24)30(27)28/h2-5,8-9,27-28H,6-7,10H2,1H3,(H2,25,26). The maximum atomic E-state index is 14.3. The van der Waals surface area contributed by atoms with Crippen molar-refractivity contribution < 1.29 is 28.1 Å². The van der Waals surface area contributed by atoms with E-state index in [1.54, 1.807) is 0 Å². The van der Waals surface area contributed by atoms with Gasteiger partial charge in [0.15, 0.2) is 0 Å². The van der Waals surface area contributed by atoms with E-state index in [2.05, 4.69) is 35.0 Å². The van der Waals surface area contributed by atoms with E-state index in [9.17, 15) is 23.4 Å². The highest BCUT2D eigenvalue weighted by Crippen LogP contribution is 2.58. The average molecular weight is 530 g/mol. The van der Waals surface area contributed by atoms with Crippen LogP contribution in [0, 0.1) is 0 Å². The van der Waals surface area contributed by atoms with Crippen molar-refractivity contribution in [2.75, 3.05) is 0 Å². The summed E-state index contributed by atoms with van der Waals surface area (Å²) >= 11 is 3.79. The van der Waals surface area contributed by atoms with Gasteiger partial charge in [-0.1, -0.05) is 31.2 Å². The number of fused-ring (bicyclic) bond motifs is 1. The third-order valence-corrected chi connectivity index (χ3v) is 8.80. The van der Waals surface area contributed by atoms with Crippen LogP contribution in [0.15, 0.2) is 40.9 Å². The summed E-state index contributed by atoms with van der Waals surface area (Å²) in [5, 5.41) is 0.292. The summed E-state index contributed by atoms with van der Waals surface area (Å²) in [7, 11) is -3.54. The molecule has 0 unspecified atom stereocenters. The number of alkyl halides is 2. The van der Waals surface area contributed by atoms with E-state index < -0.39 is 24.8 Å². The van der Waals surface area contributed by atoms with E-state index in [4.69, 9.17) is 10.5 Å². The summed E-state index contributed by atoms with van der Waals surface area (Å²) < 4.78 is 34.9. The minimum Gasteiger partial charge on any atom is -0.487 e. The van der Waals surface area contributed by atoms with Crippen LogP contribution in [-0.4, -0.2) is 15.7 Å². The van der Waals surface area contributed by atoms with E-state index in [1.165, 1.54) is 30.5 Å². The zero-order valence-corrected chi connectivity index (χ0v) is 19.7. The van der Waals surface area contributed by atoms with Crippen molar-refractivity contribution in [3.05, 3.63) is 62.4 Å². The van der Waals surface area contributed by atoms with Crippen LogP contribution in [-0.2, 0) is 17.7 Å². The number of carbonyl (C=O) groups excluding carboxylic acids is 1. The largest absolute Gasteiger partial charge is 0.487 e. The lowest BCUT2D eigenvalue weighted by Gasteiger charge is -2.15. The topological polar surface area (TPSA) is 92.8 Å². The molecule has 0 bridgehead atoms. The SMILES string of the molecule is CC1(c2ccc(COc3cc(C(N)=O)cc4c(Br)c(C(F)(F)P(O)O)sc34)cc2)CC1. The molecule has 2 aromatic carbocycles. The molecule has 1 fully saturated rings. The van der Waals surface area contributed by atoms with E-state index in [1.807, 2.05) is 12.1 Å². The predicted octanol–water partition coefficient (Wildman–Crippen LogP) is 5.74. The molecule has 5 nitrogen and oxygen atoms in total. The fourth-order valence-corrected chi connectivity index (χ4v) is 6.09. The fourth-order valence-electron chi connectivity index (χ4n) is 3.31. The Morgan fingerprint density at radius 1 is 1.29 bits per heavy atom. The van der Waals surface area contributed by atoms with Crippen LogP contribution in [0.5, 0.6) is 5.75 Å². The van der Waals surface area contributed by atoms with E-state index in [0.29, 0.717) is 21.4 Å². The minimum absolute atomic E-state index is 0.0249. The maximum absolute atomic E-state index is 14.3. The molecule has 4 N–H and O–H groups in total. The highest BCUT2D eigenvalue weighted by Gasteiger charge is 2.45. The van der Waals surface area contributed by atoms with Crippen LogP contribution in [0.2, 0.25) is 0 Å². The van der Waals surface area contributed by atoms with Crippen LogP contribution >= 0.6 is 35.6 Å². The maximum Gasteiger partial charge on any atom is 0.349 e. The van der Waals surface area contributed by atoms with Crippen LogP contribution in [0.3, 0.4) is 0 Å². The third-order valence-electron chi connectivity index (χ3n) is 5.55. The van der Waals surface area contributed by atoms with Gasteiger partial charge in [0.25, 0.3) is 0 Å².